The van der Waals surface area contributed by atoms with Crippen molar-refractivity contribution in [3.05, 3.63) is 91.0 Å². The van der Waals surface area contributed by atoms with Crippen LogP contribution < -0.4 is 24.8 Å². The summed E-state index contributed by atoms with van der Waals surface area (Å²) in [5.41, 5.74) is 1.21. The summed E-state index contributed by atoms with van der Waals surface area (Å²) in [7, 11) is 0. The van der Waals surface area contributed by atoms with Crippen molar-refractivity contribution in [2.24, 2.45) is 0 Å². The molecule has 7 nitrogen and oxygen atoms in total. The summed E-state index contributed by atoms with van der Waals surface area (Å²) in [6.07, 6.45) is -0.561. The minimum Gasteiger partial charge on any atom is -0.490 e. The lowest BCUT2D eigenvalue weighted by atomic mass is 10.1. The molecule has 2 amide bonds. The molecule has 0 unspecified atom stereocenters. The SMILES string of the molecule is CCCOc1cc(OC(=O)Nc2ccccc2)c2ccccc2c1OC(=O)Nc1ccccc1. The summed E-state index contributed by atoms with van der Waals surface area (Å²) in [6, 6.07) is 26.7. The highest BCUT2D eigenvalue weighted by Gasteiger charge is 2.20. The molecule has 0 spiro atoms. The Labute approximate surface area is 197 Å². The van der Waals surface area contributed by atoms with Crippen LogP contribution in [0.4, 0.5) is 21.0 Å². The van der Waals surface area contributed by atoms with Gasteiger partial charge in [-0.1, -0.05) is 67.6 Å². The molecule has 7 heteroatoms. The Bertz CT molecular complexity index is 1280. The van der Waals surface area contributed by atoms with Gasteiger partial charge in [0.25, 0.3) is 0 Å². The molecule has 34 heavy (non-hydrogen) atoms. The summed E-state index contributed by atoms with van der Waals surface area (Å²) in [6.45, 7) is 2.36. The quantitative estimate of drug-likeness (QED) is 0.318. The highest BCUT2D eigenvalue weighted by molar-refractivity contribution is 6.00. The van der Waals surface area contributed by atoms with Crippen LogP contribution in [-0.4, -0.2) is 18.8 Å². The van der Waals surface area contributed by atoms with Crippen molar-refractivity contribution in [2.75, 3.05) is 17.2 Å². The molecule has 0 atom stereocenters. The van der Waals surface area contributed by atoms with Crippen molar-refractivity contribution in [1.82, 2.24) is 0 Å². The predicted octanol–water partition coefficient (Wildman–Crippen LogP) is 6.85. The zero-order valence-electron chi connectivity index (χ0n) is 18.6. The first-order chi connectivity index (χ1) is 16.6. The fraction of sp³-hybridized carbons (Fsp3) is 0.111. The van der Waals surface area contributed by atoms with E-state index < -0.39 is 12.2 Å². The minimum atomic E-state index is -0.659. The molecule has 4 rings (SSSR count). The monoisotopic (exact) mass is 456 g/mol. The average Bonchev–Trinajstić information content (AvgIpc) is 2.85. The van der Waals surface area contributed by atoms with Crippen molar-refractivity contribution in [3.8, 4) is 17.2 Å². The first-order valence-electron chi connectivity index (χ1n) is 10.9. The third-order valence-corrected chi connectivity index (χ3v) is 4.82. The molecule has 172 valence electrons. The van der Waals surface area contributed by atoms with Gasteiger partial charge in [0.05, 0.1) is 6.61 Å². The number of carbonyl (C=O) groups excluding carboxylic acids is 2. The molecule has 0 heterocycles. The molecule has 4 aromatic carbocycles. The largest absolute Gasteiger partial charge is 0.490 e. The van der Waals surface area contributed by atoms with E-state index in [9.17, 15) is 9.59 Å². The number of benzene rings is 4. The van der Waals surface area contributed by atoms with Gasteiger partial charge in [0.2, 0.25) is 0 Å². The Morgan fingerprint density at radius 1 is 0.676 bits per heavy atom. The van der Waals surface area contributed by atoms with Gasteiger partial charge in [-0.25, -0.2) is 9.59 Å². The third-order valence-electron chi connectivity index (χ3n) is 4.82. The van der Waals surface area contributed by atoms with Gasteiger partial charge in [0.15, 0.2) is 11.5 Å². The lowest BCUT2D eigenvalue weighted by molar-refractivity contribution is 0.210. The Kier molecular flexibility index (Phi) is 7.25. The second kappa shape index (κ2) is 10.9. The van der Waals surface area contributed by atoms with Crippen LogP contribution in [0.25, 0.3) is 10.8 Å². The van der Waals surface area contributed by atoms with Gasteiger partial charge < -0.3 is 14.2 Å². The van der Waals surface area contributed by atoms with E-state index in [1.54, 1.807) is 42.5 Å². The van der Waals surface area contributed by atoms with Crippen LogP contribution >= 0.6 is 0 Å². The van der Waals surface area contributed by atoms with Gasteiger partial charge in [0.1, 0.15) is 5.75 Å². The molecule has 0 aliphatic rings. The number of carbonyl (C=O) groups is 2. The summed E-state index contributed by atoms with van der Waals surface area (Å²) in [5.74, 6) is 0.825. The Hall–Kier alpha value is -4.52. The smallest absolute Gasteiger partial charge is 0.417 e. The fourth-order valence-electron chi connectivity index (χ4n) is 3.32. The number of fused-ring (bicyclic) bond motifs is 1. The number of rotatable bonds is 7. The van der Waals surface area contributed by atoms with Gasteiger partial charge in [-0.05, 0) is 30.7 Å². The number of hydrogen-bond donors (Lipinski definition) is 2. The summed E-state index contributed by atoms with van der Waals surface area (Å²) < 4.78 is 17.2. The van der Waals surface area contributed by atoms with Crippen molar-refractivity contribution in [3.63, 3.8) is 0 Å². The molecule has 2 N–H and O–H groups in total. The van der Waals surface area contributed by atoms with Crippen molar-refractivity contribution >= 4 is 34.3 Å². The van der Waals surface area contributed by atoms with Crippen molar-refractivity contribution < 1.29 is 23.8 Å². The molecule has 0 saturated carbocycles. The van der Waals surface area contributed by atoms with Crippen LogP contribution in [0.15, 0.2) is 91.0 Å². The number of hydrogen-bond acceptors (Lipinski definition) is 5. The Balaban J connectivity index is 1.65. The molecule has 0 aliphatic carbocycles. The van der Waals surface area contributed by atoms with Gasteiger partial charge in [-0.2, -0.15) is 0 Å². The second-order valence-electron chi connectivity index (χ2n) is 7.36. The summed E-state index contributed by atoms with van der Waals surface area (Å²) >= 11 is 0. The molecule has 0 aromatic heterocycles. The van der Waals surface area contributed by atoms with E-state index in [2.05, 4.69) is 10.6 Å². The van der Waals surface area contributed by atoms with E-state index in [0.29, 0.717) is 34.5 Å². The highest BCUT2D eigenvalue weighted by Crippen LogP contribution is 2.42. The van der Waals surface area contributed by atoms with Gasteiger partial charge >= 0.3 is 12.2 Å². The van der Waals surface area contributed by atoms with Crippen LogP contribution in [0, 0.1) is 0 Å². The highest BCUT2D eigenvalue weighted by atomic mass is 16.6. The van der Waals surface area contributed by atoms with Gasteiger partial charge in [-0.3, -0.25) is 10.6 Å². The number of anilines is 2. The van der Waals surface area contributed by atoms with Crippen LogP contribution in [0.3, 0.4) is 0 Å². The number of nitrogens with one attached hydrogen (secondary N) is 2. The lowest BCUT2D eigenvalue weighted by Crippen LogP contribution is -2.18. The Morgan fingerprint density at radius 2 is 1.21 bits per heavy atom. The lowest BCUT2D eigenvalue weighted by Gasteiger charge is -2.17. The zero-order valence-corrected chi connectivity index (χ0v) is 18.6. The summed E-state index contributed by atoms with van der Waals surface area (Å²) in [4.78, 5) is 25.2. The van der Waals surface area contributed by atoms with Crippen LogP contribution in [0.2, 0.25) is 0 Å². The molecule has 0 fully saturated rings. The van der Waals surface area contributed by atoms with E-state index in [4.69, 9.17) is 14.2 Å². The zero-order chi connectivity index (χ0) is 23.8. The number of ether oxygens (including phenoxy) is 3. The maximum absolute atomic E-state index is 12.6. The number of para-hydroxylation sites is 2. The average molecular weight is 456 g/mol. The molecule has 0 saturated heterocycles. The topological polar surface area (TPSA) is 85.9 Å². The van der Waals surface area contributed by atoms with Crippen LogP contribution in [0.1, 0.15) is 13.3 Å². The van der Waals surface area contributed by atoms with E-state index >= 15 is 0 Å². The van der Waals surface area contributed by atoms with Gasteiger partial charge in [-0.15, -0.1) is 0 Å². The molecular formula is C27H24N2O5. The van der Waals surface area contributed by atoms with E-state index in [0.717, 1.165) is 6.42 Å². The maximum Gasteiger partial charge on any atom is 0.417 e. The molecular weight excluding hydrogens is 432 g/mol. The minimum absolute atomic E-state index is 0.244. The first kappa shape index (κ1) is 22.7. The predicted molar refractivity (Wildman–Crippen MR) is 132 cm³/mol. The molecule has 0 aliphatic heterocycles. The Morgan fingerprint density at radius 3 is 1.79 bits per heavy atom. The number of amides is 2. The van der Waals surface area contributed by atoms with Gasteiger partial charge in [0, 0.05) is 28.2 Å². The third kappa shape index (κ3) is 5.63. The van der Waals surface area contributed by atoms with Crippen LogP contribution in [0.5, 0.6) is 17.2 Å². The van der Waals surface area contributed by atoms with Crippen molar-refractivity contribution in [1.29, 1.82) is 0 Å². The molecule has 0 radical (unpaired) electrons. The molecule has 4 aromatic rings. The molecule has 0 bridgehead atoms. The summed E-state index contributed by atoms with van der Waals surface area (Å²) in [5, 5.41) is 6.56. The van der Waals surface area contributed by atoms with E-state index in [1.807, 2.05) is 55.5 Å². The standard InChI is InChI=1S/C27H24N2O5/c1-2-17-32-24-18-23(33-26(30)28-19-11-5-3-6-12-19)21-15-9-10-16-22(21)25(24)34-27(31)29-20-13-7-4-8-14-20/h3-16,18H,2,17H2,1H3,(H,28,30)(H,29,31). The normalized spacial score (nSPS) is 10.4. The van der Waals surface area contributed by atoms with Crippen LogP contribution in [-0.2, 0) is 0 Å². The maximum atomic E-state index is 12.6. The van der Waals surface area contributed by atoms with Crippen molar-refractivity contribution in [2.45, 2.75) is 13.3 Å². The van der Waals surface area contributed by atoms with E-state index in [1.165, 1.54) is 0 Å². The van der Waals surface area contributed by atoms with E-state index in [-0.39, 0.29) is 11.5 Å². The fourth-order valence-corrected chi connectivity index (χ4v) is 3.32. The first-order valence-corrected chi connectivity index (χ1v) is 10.9. The second-order valence-corrected chi connectivity index (χ2v) is 7.36.